The number of amides is 1. The molecular formula is C21H28N4O. The Hall–Kier alpha value is -2.43. The summed E-state index contributed by atoms with van der Waals surface area (Å²) in [4.78, 5) is 23.4. The highest BCUT2D eigenvalue weighted by atomic mass is 16.2. The van der Waals surface area contributed by atoms with Gasteiger partial charge in [-0.15, -0.1) is 0 Å². The third kappa shape index (κ3) is 4.81. The maximum absolute atomic E-state index is 12.7. The van der Waals surface area contributed by atoms with E-state index in [1.807, 2.05) is 11.0 Å². The minimum Gasteiger partial charge on any atom is -0.354 e. The first-order chi connectivity index (χ1) is 12.8. The highest BCUT2D eigenvalue weighted by Gasteiger charge is 2.26. The van der Waals surface area contributed by atoms with E-state index in [9.17, 15) is 4.79 Å². The van der Waals surface area contributed by atoms with Crippen LogP contribution in [0.25, 0.3) is 0 Å². The molecule has 1 aliphatic rings. The van der Waals surface area contributed by atoms with Gasteiger partial charge in [0, 0.05) is 31.5 Å². The van der Waals surface area contributed by atoms with Crippen molar-refractivity contribution in [1.29, 1.82) is 0 Å². The Kier molecular flexibility index (Phi) is 6.58. The van der Waals surface area contributed by atoms with E-state index in [2.05, 4.69) is 46.5 Å². The zero-order valence-corrected chi connectivity index (χ0v) is 15.5. The number of rotatable bonds is 7. The SMILES string of the molecule is CCC1CCCCN1C(=O)c1cnc(NCCCc2ccccc2)nc1. The molecule has 0 spiro atoms. The molecule has 26 heavy (non-hydrogen) atoms. The average Bonchev–Trinajstić information content (AvgIpc) is 2.72. The van der Waals surface area contributed by atoms with Crippen molar-refractivity contribution < 1.29 is 4.79 Å². The number of carbonyl (C=O) groups excluding carboxylic acids is 1. The molecule has 1 amide bonds. The van der Waals surface area contributed by atoms with Crippen molar-refractivity contribution in [2.75, 3.05) is 18.4 Å². The summed E-state index contributed by atoms with van der Waals surface area (Å²) >= 11 is 0. The summed E-state index contributed by atoms with van der Waals surface area (Å²) in [6, 6.07) is 10.8. The largest absolute Gasteiger partial charge is 0.354 e. The summed E-state index contributed by atoms with van der Waals surface area (Å²) < 4.78 is 0. The molecule has 1 saturated heterocycles. The lowest BCUT2D eigenvalue weighted by molar-refractivity contribution is 0.0607. The summed E-state index contributed by atoms with van der Waals surface area (Å²) in [5.74, 6) is 0.646. The molecule has 5 nitrogen and oxygen atoms in total. The monoisotopic (exact) mass is 352 g/mol. The van der Waals surface area contributed by atoms with E-state index in [-0.39, 0.29) is 5.91 Å². The Bertz CT molecular complexity index is 687. The van der Waals surface area contributed by atoms with Crippen LogP contribution in [0, 0.1) is 0 Å². The van der Waals surface area contributed by atoms with E-state index in [0.717, 1.165) is 45.2 Å². The molecule has 1 aromatic carbocycles. The fraction of sp³-hybridized carbons (Fsp3) is 0.476. The number of likely N-dealkylation sites (tertiary alicyclic amines) is 1. The van der Waals surface area contributed by atoms with E-state index in [4.69, 9.17) is 0 Å². The average molecular weight is 352 g/mol. The first-order valence-corrected chi connectivity index (χ1v) is 9.68. The van der Waals surface area contributed by atoms with Gasteiger partial charge in [-0.25, -0.2) is 9.97 Å². The molecule has 1 aromatic heterocycles. The molecule has 1 aliphatic heterocycles. The highest BCUT2D eigenvalue weighted by Crippen LogP contribution is 2.21. The van der Waals surface area contributed by atoms with Crippen molar-refractivity contribution in [3.63, 3.8) is 0 Å². The number of aryl methyl sites for hydroxylation is 1. The van der Waals surface area contributed by atoms with Gasteiger partial charge in [-0.1, -0.05) is 37.3 Å². The van der Waals surface area contributed by atoms with E-state index < -0.39 is 0 Å². The van der Waals surface area contributed by atoms with Gasteiger partial charge >= 0.3 is 0 Å². The lowest BCUT2D eigenvalue weighted by Gasteiger charge is -2.35. The fourth-order valence-corrected chi connectivity index (χ4v) is 3.53. The number of piperidine rings is 1. The van der Waals surface area contributed by atoms with Gasteiger partial charge in [0.15, 0.2) is 0 Å². The summed E-state index contributed by atoms with van der Waals surface area (Å²) in [7, 11) is 0. The topological polar surface area (TPSA) is 58.1 Å². The quantitative estimate of drug-likeness (QED) is 0.767. The zero-order chi connectivity index (χ0) is 18.2. The van der Waals surface area contributed by atoms with Gasteiger partial charge in [0.1, 0.15) is 0 Å². The standard InChI is InChI=1S/C21H28N4O/c1-2-19-12-6-7-14-25(19)20(26)18-15-23-21(24-16-18)22-13-8-11-17-9-4-3-5-10-17/h3-5,9-10,15-16,19H,2,6-8,11-14H2,1H3,(H,22,23,24). The molecule has 1 N–H and O–H groups in total. The number of aromatic nitrogens is 2. The number of carbonyl (C=O) groups is 1. The Balaban J connectivity index is 1.49. The van der Waals surface area contributed by atoms with Gasteiger partial charge in [0.2, 0.25) is 5.95 Å². The van der Waals surface area contributed by atoms with Gasteiger partial charge in [-0.05, 0) is 44.1 Å². The van der Waals surface area contributed by atoms with Gasteiger partial charge in [-0.3, -0.25) is 4.79 Å². The van der Waals surface area contributed by atoms with Crippen LogP contribution < -0.4 is 5.32 Å². The van der Waals surface area contributed by atoms with Crippen LogP contribution in [0.2, 0.25) is 0 Å². The predicted molar refractivity (Wildman–Crippen MR) is 104 cm³/mol. The normalized spacial score (nSPS) is 17.1. The first-order valence-electron chi connectivity index (χ1n) is 9.68. The van der Waals surface area contributed by atoms with E-state index in [0.29, 0.717) is 17.6 Å². The summed E-state index contributed by atoms with van der Waals surface area (Å²) in [5.41, 5.74) is 1.92. The van der Waals surface area contributed by atoms with Gasteiger partial charge in [-0.2, -0.15) is 0 Å². The molecular weight excluding hydrogens is 324 g/mol. The summed E-state index contributed by atoms with van der Waals surface area (Å²) in [6.45, 7) is 3.80. The van der Waals surface area contributed by atoms with Crippen molar-refractivity contribution in [3.05, 3.63) is 53.9 Å². The highest BCUT2D eigenvalue weighted by molar-refractivity contribution is 5.94. The lowest BCUT2D eigenvalue weighted by atomic mass is 9.99. The van der Waals surface area contributed by atoms with Crippen LogP contribution in [0.3, 0.4) is 0 Å². The Labute approximate surface area is 155 Å². The van der Waals surface area contributed by atoms with Crippen LogP contribution >= 0.6 is 0 Å². The smallest absolute Gasteiger partial charge is 0.257 e. The maximum atomic E-state index is 12.7. The summed E-state index contributed by atoms with van der Waals surface area (Å²) in [6.07, 6.45) is 9.75. The molecule has 2 aromatic rings. The second-order valence-corrected chi connectivity index (χ2v) is 6.87. The van der Waals surface area contributed by atoms with E-state index in [1.165, 1.54) is 12.0 Å². The summed E-state index contributed by atoms with van der Waals surface area (Å²) in [5, 5.41) is 3.23. The fourth-order valence-electron chi connectivity index (χ4n) is 3.53. The Morgan fingerprint density at radius 1 is 1.19 bits per heavy atom. The van der Waals surface area contributed by atoms with Crippen LogP contribution in [-0.4, -0.2) is 39.9 Å². The molecule has 0 saturated carbocycles. The van der Waals surface area contributed by atoms with E-state index >= 15 is 0 Å². The third-order valence-corrected chi connectivity index (χ3v) is 5.03. The molecule has 0 aliphatic carbocycles. The van der Waals surface area contributed by atoms with Gasteiger partial charge < -0.3 is 10.2 Å². The van der Waals surface area contributed by atoms with Crippen molar-refractivity contribution >= 4 is 11.9 Å². The van der Waals surface area contributed by atoms with Crippen LogP contribution in [0.5, 0.6) is 0 Å². The number of hydrogen-bond donors (Lipinski definition) is 1. The Morgan fingerprint density at radius 3 is 2.69 bits per heavy atom. The molecule has 2 heterocycles. The van der Waals surface area contributed by atoms with Crippen molar-refractivity contribution in [3.8, 4) is 0 Å². The van der Waals surface area contributed by atoms with Crippen molar-refractivity contribution in [1.82, 2.24) is 14.9 Å². The molecule has 1 fully saturated rings. The van der Waals surface area contributed by atoms with Crippen molar-refractivity contribution in [2.24, 2.45) is 0 Å². The number of anilines is 1. The minimum atomic E-state index is 0.0622. The van der Waals surface area contributed by atoms with Gasteiger partial charge in [0.25, 0.3) is 5.91 Å². The number of hydrogen-bond acceptors (Lipinski definition) is 4. The molecule has 3 rings (SSSR count). The molecule has 1 unspecified atom stereocenters. The molecule has 138 valence electrons. The van der Waals surface area contributed by atoms with Gasteiger partial charge in [0.05, 0.1) is 5.56 Å². The van der Waals surface area contributed by atoms with E-state index in [1.54, 1.807) is 12.4 Å². The second kappa shape index (κ2) is 9.32. The molecule has 0 bridgehead atoms. The number of nitrogens with one attached hydrogen (secondary N) is 1. The number of nitrogens with zero attached hydrogens (tertiary/aromatic N) is 3. The van der Waals surface area contributed by atoms with Crippen LogP contribution in [-0.2, 0) is 6.42 Å². The molecule has 0 radical (unpaired) electrons. The maximum Gasteiger partial charge on any atom is 0.257 e. The Morgan fingerprint density at radius 2 is 1.96 bits per heavy atom. The van der Waals surface area contributed by atoms with Crippen LogP contribution in [0.15, 0.2) is 42.7 Å². The zero-order valence-electron chi connectivity index (χ0n) is 15.5. The van der Waals surface area contributed by atoms with Crippen LogP contribution in [0.4, 0.5) is 5.95 Å². The molecule has 1 atom stereocenters. The van der Waals surface area contributed by atoms with Crippen LogP contribution in [0.1, 0.15) is 54.9 Å². The third-order valence-electron chi connectivity index (χ3n) is 5.03. The molecule has 5 heteroatoms. The lowest BCUT2D eigenvalue weighted by Crippen LogP contribution is -2.43. The second-order valence-electron chi connectivity index (χ2n) is 6.87. The number of benzene rings is 1. The first kappa shape index (κ1) is 18.4. The predicted octanol–water partition coefficient (Wildman–Crippen LogP) is 3.93. The minimum absolute atomic E-state index is 0.0622. The van der Waals surface area contributed by atoms with Crippen molar-refractivity contribution in [2.45, 2.75) is 51.5 Å².